The number of alkyl carbamates (subject to hydrolysis) is 1. The summed E-state index contributed by atoms with van der Waals surface area (Å²) in [4.78, 5) is 19.2. The SMILES string of the molecule is CC(C)(C)OC(=O)NC1CCCC(NCCc2ncc[nH]2)C1. The van der Waals surface area contributed by atoms with E-state index in [0.29, 0.717) is 6.04 Å². The number of rotatable bonds is 5. The van der Waals surface area contributed by atoms with E-state index in [9.17, 15) is 4.79 Å². The zero-order chi connectivity index (χ0) is 16.0. The molecule has 1 aromatic heterocycles. The molecule has 0 bridgehead atoms. The molecule has 0 radical (unpaired) electrons. The minimum Gasteiger partial charge on any atom is -0.444 e. The molecule has 2 unspecified atom stereocenters. The number of nitrogens with zero attached hydrogens (tertiary/aromatic N) is 1. The first-order chi connectivity index (χ1) is 10.4. The average molecular weight is 308 g/mol. The first kappa shape index (κ1) is 16.8. The number of aromatic nitrogens is 2. The lowest BCUT2D eigenvalue weighted by Gasteiger charge is -2.31. The molecule has 1 saturated carbocycles. The largest absolute Gasteiger partial charge is 0.444 e. The Morgan fingerprint density at radius 3 is 2.86 bits per heavy atom. The fourth-order valence-corrected chi connectivity index (χ4v) is 2.81. The van der Waals surface area contributed by atoms with Crippen molar-refractivity contribution in [2.45, 2.75) is 70.6 Å². The summed E-state index contributed by atoms with van der Waals surface area (Å²) in [5.41, 5.74) is -0.445. The number of aromatic amines is 1. The Hall–Kier alpha value is -1.56. The summed E-state index contributed by atoms with van der Waals surface area (Å²) in [5.74, 6) is 1.01. The Labute approximate surface area is 132 Å². The highest BCUT2D eigenvalue weighted by Crippen LogP contribution is 2.19. The van der Waals surface area contributed by atoms with E-state index in [1.807, 2.05) is 27.0 Å². The Balaban J connectivity index is 1.68. The predicted molar refractivity (Wildman–Crippen MR) is 85.7 cm³/mol. The van der Waals surface area contributed by atoms with Crippen LogP contribution in [-0.2, 0) is 11.2 Å². The third-order valence-corrected chi connectivity index (χ3v) is 3.74. The fraction of sp³-hybridized carbons (Fsp3) is 0.750. The number of hydrogen-bond acceptors (Lipinski definition) is 4. The smallest absolute Gasteiger partial charge is 0.407 e. The van der Waals surface area contributed by atoms with E-state index >= 15 is 0 Å². The molecule has 1 aliphatic rings. The topological polar surface area (TPSA) is 79.0 Å². The van der Waals surface area contributed by atoms with Crippen LogP contribution < -0.4 is 10.6 Å². The van der Waals surface area contributed by atoms with Crippen LogP contribution in [0.15, 0.2) is 12.4 Å². The van der Waals surface area contributed by atoms with Crippen molar-refractivity contribution in [3.8, 4) is 0 Å². The first-order valence-corrected chi connectivity index (χ1v) is 8.13. The number of H-pyrrole nitrogens is 1. The van der Waals surface area contributed by atoms with Crippen molar-refractivity contribution in [1.29, 1.82) is 0 Å². The van der Waals surface area contributed by atoms with E-state index in [4.69, 9.17) is 4.74 Å². The van der Waals surface area contributed by atoms with Gasteiger partial charge in [0.15, 0.2) is 0 Å². The van der Waals surface area contributed by atoms with Gasteiger partial charge in [0, 0.05) is 37.4 Å². The minimum absolute atomic E-state index is 0.199. The molecule has 124 valence electrons. The molecular formula is C16H28N4O2. The second-order valence-electron chi connectivity index (χ2n) is 6.95. The second kappa shape index (κ2) is 7.63. The monoisotopic (exact) mass is 308 g/mol. The molecule has 1 aromatic rings. The van der Waals surface area contributed by atoms with Gasteiger partial charge in [-0.2, -0.15) is 0 Å². The molecule has 1 fully saturated rings. The summed E-state index contributed by atoms with van der Waals surface area (Å²) in [6.45, 7) is 6.54. The van der Waals surface area contributed by atoms with Crippen LogP contribution >= 0.6 is 0 Å². The fourth-order valence-electron chi connectivity index (χ4n) is 2.81. The lowest BCUT2D eigenvalue weighted by molar-refractivity contribution is 0.0489. The summed E-state index contributed by atoms with van der Waals surface area (Å²) in [7, 11) is 0. The predicted octanol–water partition coefficient (Wildman–Crippen LogP) is 2.38. The maximum Gasteiger partial charge on any atom is 0.407 e. The highest BCUT2D eigenvalue weighted by molar-refractivity contribution is 5.68. The van der Waals surface area contributed by atoms with Gasteiger partial charge in [-0.1, -0.05) is 0 Å². The molecule has 0 spiro atoms. The maximum absolute atomic E-state index is 11.8. The molecule has 3 N–H and O–H groups in total. The summed E-state index contributed by atoms with van der Waals surface area (Å²) < 4.78 is 5.32. The van der Waals surface area contributed by atoms with Crippen LogP contribution in [-0.4, -0.2) is 40.3 Å². The quantitative estimate of drug-likeness (QED) is 0.780. The van der Waals surface area contributed by atoms with Gasteiger partial charge < -0.3 is 20.4 Å². The zero-order valence-corrected chi connectivity index (χ0v) is 13.8. The van der Waals surface area contributed by atoms with Gasteiger partial charge in [-0.15, -0.1) is 0 Å². The highest BCUT2D eigenvalue weighted by atomic mass is 16.6. The van der Waals surface area contributed by atoms with Crippen molar-refractivity contribution in [2.75, 3.05) is 6.54 Å². The first-order valence-electron chi connectivity index (χ1n) is 8.13. The Morgan fingerprint density at radius 2 is 2.18 bits per heavy atom. The van der Waals surface area contributed by atoms with Crippen LogP contribution in [0, 0.1) is 0 Å². The number of ether oxygens (including phenoxy) is 1. The number of hydrogen-bond donors (Lipinski definition) is 3. The Kier molecular flexibility index (Phi) is 5.83. The van der Waals surface area contributed by atoms with Gasteiger partial charge in [-0.25, -0.2) is 9.78 Å². The molecule has 2 rings (SSSR count). The van der Waals surface area contributed by atoms with E-state index < -0.39 is 5.60 Å². The van der Waals surface area contributed by atoms with Crippen molar-refractivity contribution in [1.82, 2.24) is 20.6 Å². The molecule has 0 aromatic carbocycles. The third kappa shape index (κ3) is 6.05. The van der Waals surface area contributed by atoms with E-state index in [1.54, 1.807) is 6.20 Å². The molecule has 1 amide bonds. The van der Waals surface area contributed by atoms with Gasteiger partial charge >= 0.3 is 6.09 Å². The molecule has 6 heteroatoms. The van der Waals surface area contributed by atoms with Crippen LogP contribution in [0.3, 0.4) is 0 Å². The summed E-state index contributed by atoms with van der Waals surface area (Å²) in [6, 6.07) is 0.647. The summed E-state index contributed by atoms with van der Waals surface area (Å²) >= 11 is 0. The molecule has 1 heterocycles. The van der Waals surface area contributed by atoms with E-state index in [-0.39, 0.29) is 12.1 Å². The molecule has 0 aliphatic heterocycles. The van der Waals surface area contributed by atoms with E-state index in [0.717, 1.165) is 44.5 Å². The average Bonchev–Trinajstić information content (AvgIpc) is 2.90. The van der Waals surface area contributed by atoms with Crippen molar-refractivity contribution in [2.24, 2.45) is 0 Å². The third-order valence-electron chi connectivity index (χ3n) is 3.74. The lowest BCUT2D eigenvalue weighted by atomic mass is 9.91. The molecule has 22 heavy (non-hydrogen) atoms. The summed E-state index contributed by atoms with van der Waals surface area (Å²) in [6.07, 6.45) is 8.46. The van der Waals surface area contributed by atoms with Crippen molar-refractivity contribution in [3.05, 3.63) is 18.2 Å². The normalized spacial score (nSPS) is 22.3. The molecule has 1 aliphatic carbocycles. The highest BCUT2D eigenvalue weighted by Gasteiger charge is 2.25. The molecule has 6 nitrogen and oxygen atoms in total. The van der Waals surface area contributed by atoms with Crippen molar-refractivity contribution >= 4 is 6.09 Å². The van der Waals surface area contributed by atoms with Gasteiger partial charge in [-0.05, 0) is 46.5 Å². The molecule has 2 atom stereocenters. The number of imidazole rings is 1. The van der Waals surface area contributed by atoms with Crippen LogP contribution in [0.5, 0.6) is 0 Å². The van der Waals surface area contributed by atoms with Crippen molar-refractivity contribution < 1.29 is 9.53 Å². The zero-order valence-electron chi connectivity index (χ0n) is 13.8. The number of amides is 1. The van der Waals surface area contributed by atoms with Crippen LogP contribution in [0.2, 0.25) is 0 Å². The lowest BCUT2D eigenvalue weighted by Crippen LogP contribution is -2.46. The molecular weight excluding hydrogens is 280 g/mol. The second-order valence-corrected chi connectivity index (χ2v) is 6.95. The van der Waals surface area contributed by atoms with Gasteiger partial charge in [0.25, 0.3) is 0 Å². The minimum atomic E-state index is -0.445. The van der Waals surface area contributed by atoms with Gasteiger partial charge in [-0.3, -0.25) is 0 Å². The summed E-state index contributed by atoms with van der Waals surface area (Å²) in [5, 5.41) is 6.55. The molecule has 0 saturated heterocycles. The number of nitrogens with one attached hydrogen (secondary N) is 3. The van der Waals surface area contributed by atoms with Crippen molar-refractivity contribution in [3.63, 3.8) is 0 Å². The van der Waals surface area contributed by atoms with Gasteiger partial charge in [0.2, 0.25) is 0 Å². The van der Waals surface area contributed by atoms with Crippen LogP contribution in [0.25, 0.3) is 0 Å². The van der Waals surface area contributed by atoms with Gasteiger partial charge in [0.1, 0.15) is 11.4 Å². The van der Waals surface area contributed by atoms with E-state index in [2.05, 4.69) is 20.6 Å². The maximum atomic E-state index is 11.8. The van der Waals surface area contributed by atoms with Gasteiger partial charge in [0.05, 0.1) is 0 Å². The Morgan fingerprint density at radius 1 is 1.41 bits per heavy atom. The van der Waals surface area contributed by atoms with Crippen LogP contribution in [0.4, 0.5) is 4.79 Å². The standard InChI is InChI=1S/C16H28N4O2/c1-16(2,3)22-15(21)20-13-6-4-5-12(11-13)17-8-7-14-18-9-10-19-14/h9-10,12-13,17H,4-8,11H2,1-3H3,(H,18,19)(H,20,21). The Bertz CT molecular complexity index is 453. The van der Waals surface area contributed by atoms with E-state index in [1.165, 1.54) is 0 Å². The number of carbonyl (C=O) groups excluding carboxylic acids is 1. The number of carbonyl (C=O) groups is 1. The van der Waals surface area contributed by atoms with Crippen LogP contribution in [0.1, 0.15) is 52.3 Å².